The molecule has 1 saturated carbocycles. The van der Waals surface area contributed by atoms with Crippen molar-refractivity contribution in [3.05, 3.63) is 0 Å². The summed E-state index contributed by atoms with van der Waals surface area (Å²) in [6.45, 7) is 0.395. The Hall–Kier alpha value is -0.640. The number of halogens is 1. The Labute approximate surface area is 113 Å². The van der Waals surface area contributed by atoms with E-state index in [1.807, 2.05) is 0 Å². The van der Waals surface area contributed by atoms with Gasteiger partial charge in [-0.2, -0.15) is 0 Å². The minimum Gasteiger partial charge on any atom is -0.465 e. The number of esters is 1. The number of alkyl halides is 1. The van der Waals surface area contributed by atoms with Crippen LogP contribution >= 0.6 is 0 Å². The van der Waals surface area contributed by atoms with Gasteiger partial charge in [0.25, 0.3) is 0 Å². The van der Waals surface area contributed by atoms with Crippen LogP contribution < -0.4 is 0 Å². The van der Waals surface area contributed by atoms with Crippen molar-refractivity contribution in [2.24, 2.45) is 11.8 Å². The van der Waals surface area contributed by atoms with Gasteiger partial charge in [0.15, 0.2) is 0 Å². The summed E-state index contributed by atoms with van der Waals surface area (Å²) in [5.41, 5.74) is 0. The number of ether oxygens (including phenoxy) is 2. The minimum absolute atomic E-state index is 0.0755. The Balaban J connectivity index is 1.45. The number of fused-ring (bicyclic) bond motifs is 2. The first kappa shape index (κ1) is 13.3. The quantitative estimate of drug-likeness (QED) is 0.739. The molecule has 3 aliphatic rings. The van der Waals surface area contributed by atoms with Gasteiger partial charge in [-0.1, -0.05) is 6.42 Å². The summed E-state index contributed by atoms with van der Waals surface area (Å²) in [6, 6.07) is 0. The molecule has 2 bridgehead atoms. The molecule has 5 atom stereocenters. The van der Waals surface area contributed by atoms with E-state index >= 15 is 0 Å². The zero-order valence-corrected chi connectivity index (χ0v) is 11.4. The molecular formula is C15H23FO3. The van der Waals surface area contributed by atoms with E-state index < -0.39 is 6.17 Å². The zero-order chi connectivity index (χ0) is 13.2. The standard InChI is InChI=1S/C15H23FO3/c16-11-3-1-2-10(8-11)9-18-15(17)13-6-4-12-5-7-14(13)19-12/h10-14H,1-9H2/t10?,11?,12-,13+,14+/m0/s1. The number of carbonyl (C=O) groups excluding carboxylic acids is 1. The van der Waals surface area contributed by atoms with Gasteiger partial charge in [0.2, 0.25) is 0 Å². The van der Waals surface area contributed by atoms with Gasteiger partial charge in [-0.05, 0) is 50.9 Å². The predicted octanol–water partition coefficient (Wildman–Crippen LogP) is 3.02. The van der Waals surface area contributed by atoms with E-state index in [1.54, 1.807) is 0 Å². The highest BCUT2D eigenvalue weighted by Gasteiger charge is 2.41. The van der Waals surface area contributed by atoms with Crippen LogP contribution in [0.1, 0.15) is 51.4 Å². The fourth-order valence-electron chi connectivity index (χ4n) is 3.75. The lowest BCUT2D eigenvalue weighted by molar-refractivity contribution is -0.159. The van der Waals surface area contributed by atoms with Gasteiger partial charge in [-0.3, -0.25) is 4.79 Å². The Bertz CT molecular complexity index is 333. The maximum absolute atomic E-state index is 13.3. The molecule has 19 heavy (non-hydrogen) atoms. The first-order chi connectivity index (χ1) is 9.22. The molecule has 0 aromatic carbocycles. The minimum atomic E-state index is -0.703. The van der Waals surface area contributed by atoms with Gasteiger partial charge in [0.1, 0.15) is 6.17 Å². The summed E-state index contributed by atoms with van der Waals surface area (Å²) in [4.78, 5) is 12.1. The molecule has 1 aliphatic carbocycles. The maximum Gasteiger partial charge on any atom is 0.311 e. The third kappa shape index (κ3) is 3.10. The fraction of sp³-hybridized carbons (Fsp3) is 0.933. The molecule has 3 fully saturated rings. The first-order valence-electron chi connectivity index (χ1n) is 7.68. The zero-order valence-electron chi connectivity index (χ0n) is 11.4. The molecule has 2 unspecified atom stereocenters. The van der Waals surface area contributed by atoms with Crippen LogP contribution in [0.15, 0.2) is 0 Å². The third-order valence-electron chi connectivity index (χ3n) is 4.87. The molecule has 0 amide bonds. The van der Waals surface area contributed by atoms with E-state index in [0.717, 1.165) is 38.5 Å². The molecule has 0 N–H and O–H groups in total. The molecule has 0 radical (unpaired) electrons. The average Bonchev–Trinajstić information content (AvgIpc) is 2.78. The van der Waals surface area contributed by atoms with Gasteiger partial charge in [-0.25, -0.2) is 4.39 Å². The number of hydrogen-bond acceptors (Lipinski definition) is 3. The van der Waals surface area contributed by atoms with Crippen molar-refractivity contribution in [1.29, 1.82) is 0 Å². The average molecular weight is 270 g/mol. The SMILES string of the molecule is O=C(OCC1CCCC(F)C1)[C@@H]1CC[C@H]2CC[C@H]1O2. The monoisotopic (exact) mass is 270 g/mol. The molecule has 4 heteroatoms. The van der Waals surface area contributed by atoms with Gasteiger partial charge in [0.05, 0.1) is 24.7 Å². The highest BCUT2D eigenvalue weighted by atomic mass is 19.1. The first-order valence-corrected chi connectivity index (χ1v) is 7.68. The van der Waals surface area contributed by atoms with Crippen molar-refractivity contribution in [3.63, 3.8) is 0 Å². The second-order valence-electron chi connectivity index (χ2n) is 6.32. The topological polar surface area (TPSA) is 35.5 Å². The van der Waals surface area contributed by atoms with Crippen molar-refractivity contribution in [2.75, 3.05) is 6.61 Å². The van der Waals surface area contributed by atoms with Gasteiger partial charge < -0.3 is 9.47 Å². The van der Waals surface area contributed by atoms with Crippen LogP contribution in [0.4, 0.5) is 4.39 Å². The summed E-state index contributed by atoms with van der Waals surface area (Å²) in [5.74, 6) is 0.0170. The number of rotatable bonds is 3. The lowest BCUT2D eigenvalue weighted by Crippen LogP contribution is -2.35. The number of hydrogen-bond donors (Lipinski definition) is 0. The molecule has 0 aromatic heterocycles. The van der Waals surface area contributed by atoms with Crippen LogP contribution in [0.3, 0.4) is 0 Å². The lowest BCUT2D eigenvalue weighted by Gasteiger charge is -2.29. The fourth-order valence-corrected chi connectivity index (χ4v) is 3.75. The summed E-state index contributed by atoms with van der Waals surface area (Å²) in [5, 5.41) is 0. The van der Waals surface area contributed by atoms with Crippen LogP contribution in [0.2, 0.25) is 0 Å². The van der Waals surface area contributed by atoms with E-state index in [9.17, 15) is 9.18 Å². The Kier molecular flexibility index (Phi) is 4.06. The highest BCUT2D eigenvalue weighted by molar-refractivity contribution is 5.73. The third-order valence-corrected chi connectivity index (χ3v) is 4.87. The Morgan fingerprint density at radius 3 is 2.84 bits per heavy atom. The Morgan fingerprint density at radius 1 is 1.16 bits per heavy atom. The maximum atomic E-state index is 13.3. The van der Waals surface area contributed by atoms with Crippen molar-refractivity contribution in [2.45, 2.75) is 69.7 Å². The van der Waals surface area contributed by atoms with Crippen molar-refractivity contribution in [1.82, 2.24) is 0 Å². The second-order valence-corrected chi connectivity index (χ2v) is 6.32. The summed E-state index contributed by atoms with van der Waals surface area (Å²) in [7, 11) is 0. The molecule has 108 valence electrons. The second kappa shape index (κ2) is 5.78. The largest absolute Gasteiger partial charge is 0.465 e. The molecule has 2 aliphatic heterocycles. The molecule has 2 saturated heterocycles. The highest BCUT2D eigenvalue weighted by Crippen LogP contribution is 2.37. The molecule has 3 rings (SSSR count). The van der Waals surface area contributed by atoms with Gasteiger partial charge in [-0.15, -0.1) is 0 Å². The number of carbonyl (C=O) groups is 1. The lowest BCUT2D eigenvalue weighted by atomic mass is 9.88. The van der Waals surface area contributed by atoms with Crippen LogP contribution in [0, 0.1) is 11.8 Å². The van der Waals surface area contributed by atoms with E-state index in [2.05, 4.69) is 0 Å². The molecule has 3 nitrogen and oxygen atoms in total. The predicted molar refractivity (Wildman–Crippen MR) is 68.4 cm³/mol. The normalized spacial score (nSPS) is 42.1. The van der Waals surface area contributed by atoms with Crippen molar-refractivity contribution < 1.29 is 18.7 Å². The van der Waals surface area contributed by atoms with E-state index in [0.29, 0.717) is 25.6 Å². The van der Waals surface area contributed by atoms with Crippen molar-refractivity contribution in [3.8, 4) is 0 Å². The van der Waals surface area contributed by atoms with Gasteiger partial charge >= 0.3 is 5.97 Å². The van der Waals surface area contributed by atoms with Crippen molar-refractivity contribution >= 4 is 5.97 Å². The van der Waals surface area contributed by atoms with E-state index in [-0.39, 0.29) is 23.9 Å². The van der Waals surface area contributed by atoms with Crippen LogP contribution in [-0.2, 0) is 14.3 Å². The summed E-state index contributed by atoms with van der Waals surface area (Å²) in [6.07, 6.45) is 6.82. The van der Waals surface area contributed by atoms with E-state index in [4.69, 9.17) is 9.47 Å². The summed E-state index contributed by atoms with van der Waals surface area (Å²) < 4.78 is 24.5. The summed E-state index contributed by atoms with van der Waals surface area (Å²) >= 11 is 0. The molecule has 0 spiro atoms. The van der Waals surface area contributed by atoms with Crippen LogP contribution in [0.25, 0.3) is 0 Å². The molecule has 2 heterocycles. The van der Waals surface area contributed by atoms with Gasteiger partial charge in [0, 0.05) is 0 Å². The van der Waals surface area contributed by atoms with Crippen LogP contribution in [0.5, 0.6) is 0 Å². The van der Waals surface area contributed by atoms with E-state index in [1.165, 1.54) is 0 Å². The van der Waals surface area contributed by atoms with Crippen LogP contribution in [-0.4, -0.2) is 31.0 Å². The molecular weight excluding hydrogens is 247 g/mol. The molecule has 0 aromatic rings. The Morgan fingerprint density at radius 2 is 2.00 bits per heavy atom. The smallest absolute Gasteiger partial charge is 0.311 e.